The topological polar surface area (TPSA) is 61.9 Å². The molecule has 3 aromatic rings. The van der Waals surface area contributed by atoms with Crippen LogP contribution in [-0.4, -0.2) is 49.5 Å². The lowest BCUT2D eigenvalue weighted by Gasteiger charge is -2.36. The number of ether oxygens (including phenoxy) is 1. The molecule has 6 nitrogen and oxygen atoms in total. The third-order valence-electron chi connectivity index (χ3n) is 6.19. The van der Waals surface area contributed by atoms with E-state index < -0.39 is 0 Å². The van der Waals surface area contributed by atoms with Gasteiger partial charge in [0.15, 0.2) is 0 Å². The molecular formula is C29H32ClN3O3. The maximum atomic E-state index is 12.9. The minimum atomic E-state index is -0.211. The van der Waals surface area contributed by atoms with Gasteiger partial charge in [-0.15, -0.1) is 0 Å². The van der Waals surface area contributed by atoms with Crippen LogP contribution >= 0.6 is 11.6 Å². The largest absolute Gasteiger partial charge is 0.493 e. The summed E-state index contributed by atoms with van der Waals surface area (Å²) in [4.78, 5) is 29.7. The molecule has 0 spiro atoms. The van der Waals surface area contributed by atoms with Crippen LogP contribution in [-0.2, 0) is 0 Å². The Morgan fingerprint density at radius 2 is 1.67 bits per heavy atom. The van der Waals surface area contributed by atoms with Gasteiger partial charge in [0.2, 0.25) is 0 Å². The Morgan fingerprint density at radius 1 is 0.972 bits per heavy atom. The van der Waals surface area contributed by atoms with Crippen molar-refractivity contribution in [2.24, 2.45) is 5.92 Å². The molecule has 188 valence electrons. The number of rotatable bonds is 7. The predicted molar refractivity (Wildman–Crippen MR) is 145 cm³/mol. The second-order valence-corrected chi connectivity index (χ2v) is 9.85. The predicted octanol–water partition coefficient (Wildman–Crippen LogP) is 5.90. The van der Waals surface area contributed by atoms with E-state index in [1.54, 1.807) is 30.3 Å². The van der Waals surface area contributed by atoms with Gasteiger partial charge in [-0.25, -0.2) is 0 Å². The number of piperazine rings is 1. The summed E-state index contributed by atoms with van der Waals surface area (Å²) in [6.45, 7) is 9.40. The molecule has 36 heavy (non-hydrogen) atoms. The number of amides is 2. The van der Waals surface area contributed by atoms with Crippen LogP contribution < -0.4 is 15.0 Å². The summed E-state index contributed by atoms with van der Waals surface area (Å²) in [6.07, 6.45) is 0. The van der Waals surface area contributed by atoms with Gasteiger partial charge in [-0.1, -0.05) is 43.6 Å². The molecule has 3 aromatic carbocycles. The van der Waals surface area contributed by atoms with Crippen LogP contribution in [0.25, 0.3) is 0 Å². The highest BCUT2D eigenvalue weighted by Crippen LogP contribution is 2.30. The molecule has 1 fully saturated rings. The molecule has 1 saturated heterocycles. The quantitative estimate of drug-likeness (QED) is 0.434. The van der Waals surface area contributed by atoms with E-state index in [4.69, 9.17) is 16.3 Å². The first-order valence-electron chi connectivity index (χ1n) is 12.3. The molecule has 7 heteroatoms. The fourth-order valence-electron chi connectivity index (χ4n) is 4.14. The molecule has 1 aliphatic heterocycles. The molecular weight excluding hydrogens is 474 g/mol. The molecule has 2 amide bonds. The highest BCUT2D eigenvalue weighted by molar-refractivity contribution is 6.33. The zero-order valence-corrected chi connectivity index (χ0v) is 21.7. The number of hydrogen-bond donors (Lipinski definition) is 1. The lowest BCUT2D eigenvalue weighted by Crippen LogP contribution is -2.49. The van der Waals surface area contributed by atoms with E-state index in [-0.39, 0.29) is 11.8 Å². The highest BCUT2D eigenvalue weighted by Gasteiger charge is 2.24. The third-order valence-corrected chi connectivity index (χ3v) is 6.49. The van der Waals surface area contributed by atoms with Gasteiger partial charge in [0.05, 0.1) is 17.3 Å². The van der Waals surface area contributed by atoms with Crippen molar-refractivity contribution in [3.8, 4) is 5.75 Å². The van der Waals surface area contributed by atoms with Crippen molar-refractivity contribution in [3.63, 3.8) is 0 Å². The van der Waals surface area contributed by atoms with Crippen molar-refractivity contribution in [1.29, 1.82) is 0 Å². The van der Waals surface area contributed by atoms with Gasteiger partial charge in [-0.2, -0.15) is 0 Å². The van der Waals surface area contributed by atoms with Crippen LogP contribution in [0.15, 0.2) is 66.7 Å². The fourth-order valence-corrected chi connectivity index (χ4v) is 4.44. The molecule has 1 heterocycles. The van der Waals surface area contributed by atoms with Gasteiger partial charge in [-0.3, -0.25) is 9.59 Å². The minimum Gasteiger partial charge on any atom is -0.493 e. The Kier molecular flexibility index (Phi) is 8.16. The van der Waals surface area contributed by atoms with Crippen molar-refractivity contribution in [1.82, 2.24) is 4.90 Å². The summed E-state index contributed by atoms with van der Waals surface area (Å²) in [5.41, 5.74) is 3.80. The van der Waals surface area contributed by atoms with E-state index in [2.05, 4.69) is 24.1 Å². The van der Waals surface area contributed by atoms with Gasteiger partial charge in [0.25, 0.3) is 11.8 Å². The smallest absolute Gasteiger partial charge is 0.255 e. The SMILES string of the molecule is Cc1ccccc1C(=O)N1CCN(c2ccc(NC(=O)c3ccc(OCC(C)C)cc3)cc2Cl)CC1. The minimum absolute atomic E-state index is 0.0661. The van der Waals surface area contributed by atoms with Gasteiger partial charge in [0.1, 0.15) is 5.75 Å². The molecule has 0 aromatic heterocycles. The average Bonchev–Trinajstić information content (AvgIpc) is 2.88. The van der Waals surface area contributed by atoms with E-state index >= 15 is 0 Å². The van der Waals surface area contributed by atoms with Crippen molar-refractivity contribution < 1.29 is 14.3 Å². The summed E-state index contributed by atoms with van der Waals surface area (Å²) in [6, 6.07) is 20.3. The number of halogens is 1. The second-order valence-electron chi connectivity index (χ2n) is 9.44. The monoisotopic (exact) mass is 505 g/mol. The van der Waals surface area contributed by atoms with Gasteiger partial charge < -0.3 is 19.9 Å². The van der Waals surface area contributed by atoms with E-state index in [1.165, 1.54) is 0 Å². The first-order valence-corrected chi connectivity index (χ1v) is 12.6. The molecule has 0 radical (unpaired) electrons. The Bertz CT molecular complexity index is 1220. The Labute approximate surface area is 217 Å². The standard InChI is InChI=1S/C29H32ClN3O3/c1-20(2)19-36-24-11-8-22(9-12-24)28(34)31-23-10-13-27(26(30)18-23)32-14-16-33(17-15-32)29(35)25-7-5-4-6-21(25)3/h4-13,18,20H,14-17,19H2,1-3H3,(H,31,34). The van der Waals surface area contributed by atoms with Crippen LogP contribution in [0.1, 0.15) is 40.1 Å². The normalized spacial score (nSPS) is 13.6. The van der Waals surface area contributed by atoms with Crippen molar-refractivity contribution in [3.05, 3.63) is 88.4 Å². The Balaban J connectivity index is 1.34. The van der Waals surface area contributed by atoms with Crippen LogP contribution in [0, 0.1) is 12.8 Å². The number of anilines is 2. The van der Waals surface area contributed by atoms with E-state index in [0.717, 1.165) is 22.6 Å². The highest BCUT2D eigenvalue weighted by atomic mass is 35.5. The fraction of sp³-hybridized carbons (Fsp3) is 0.310. The summed E-state index contributed by atoms with van der Waals surface area (Å²) < 4.78 is 5.68. The Morgan fingerprint density at radius 3 is 2.31 bits per heavy atom. The number of aryl methyl sites for hydroxylation is 1. The molecule has 1 N–H and O–H groups in total. The van der Waals surface area contributed by atoms with Crippen molar-refractivity contribution in [2.45, 2.75) is 20.8 Å². The van der Waals surface area contributed by atoms with Crippen LogP contribution in [0.2, 0.25) is 5.02 Å². The molecule has 0 aliphatic carbocycles. The van der Waals surface area contributed by atoms with Crippen LogP contribution in [0.5, 0.6) is 5.75 Å². The molecule has 0 unspecified atom stereocenters. The van der Waals surface area contributed by atoms with E-state index in [9.17, 15) is 9.59 Å². The number of nitrogens with zero attached hydrogens (tertiary/aromatic N) is 2. The molecule has 0 saturated carbocycles. The number of carbonyl (C=O) groups is 2. The molecule has 1 aliphatic rings. The van der Waals surface area contributed by atoms with Gasteiger partial charge in [0, 0.05) is 43.0 Å². The Hall–Kier alpha value is -3.51. The van der Waals surface area contributed by atoms with Crippen molar-refractivity contribution >= 4 is 34.8 Å². The molecule has 0 bridgehead atoms. The van der Waals surface area contributed by atoms with E-state index in [0.29, 0.717) is 55.0 Å². The first-order chi connectivity index (χ1) is 17.3. The van der Waals surface area contributed by atoms with Crippen LogP contribution in [0.4, 0.5) is 11.4 Å². The summed E-state index contributed by atoms with van der Waals surface area (Å²) in [5, 5.41) is 3.47. The lowest BCUT2D eigenvalue weighted by atomic mass is 10.1. The zero-order chi connectivity index (χ0) is 25.7. The van der Waals surface area contributed by atoms with Gasteiger partial charge >= 0.3 is 0 Å². The number of nitrogens with one attached hydrogen (secondary N) is 1. The summed E-state index contributed by atoms with van der Waals surface area (Å²) >= 11 is 6.60. The summed E-state index contributed by atoms with van der Waals surface area (Å²) in [5.74, 6) is 1.04. The van der Waals surface area contributed by atoms with Crippen molar-refractivity contribution in [2.75, 3.05) is 43.0 Å². The van der Waals surface area contributed by atoms with Crippen LogP contribution in [0.3, 0.4) is 0 Å². The van der Waals surface area contributed by atoms with Gasteiger partial charge in [-0.05, 0) is 66.9 Å². The number of hydrogen-bond acceptors (Lipinski definition) is 4. The maximum absolute atomic E-state index is 12.9. The maximum Gasteiger partial charge on any atom is 0.255 e. The lowest BCUT2D eigenvalue weighted by molar-refractivity contribution is 0.0746. The molecule has 0 atom stereocenters. The summed E-state index contributed by atoms with van der Waals surface area (Å²) in [7, 11) is 0. The number of carbonyl (C=O) groups excluding carboxylic acids is 2. The number of benzene rings is 3. The third kappa shape index (κ3) is 6.18. The first kappa shape index (κ1) is 25.6. The zero-order valence-electron chi connectivity index (χ0n) is 21.0. The van der Waals surface area contributed by atoms with E-state index in [1.807, 2.05) is 48.2 Å². The average molecular weight is 506 g/mol. The molecule has 4 rings (SSSR count). The second kappa shape index (κ2) is 11.5.